The Bertz CT molecular complexity index is 448. The van der Waals surface area contributed by atoms with E-state index < -0.39 is 17.7 Å². The van der Waals surface area contributed by atoms with Gasteiger partial charge in [-0.2, -0.15) is 5.26 Å². The van der Waals surface area contributed by atoms with E-state index in [1.54, 1.807) is 0 Å². The average Bonchev–Trinajstić information content (AvgIpc) is 2.40. The first-order valence-electron chi connectivity index (χ1n) is 6.31. The first kappa shape index (κ1) is 13.0. The van der Waals surface area contributed by atoms with Gasteiger partial charge in [-0.3, -0.25) is 5.32 Å². The third-order valence-corrected chi connectivity index (χ3v) is 3.41. The molecule has 2 nitrogen and oxygen atoms in total. The molecule has 0 saturated heterocycles. The van der Waals surface area contributed by atoms with Gasteiger partial charge in [-0.25, -0.2) is 8.78 Å². The van der Waals surface area contributed by atoms with Gasteiger partial charge in [0.25, 0.3) is 0 Å². The summed E-state index contributed by atoms with van der Waals surface area (Å²) in [5, 5.41) is 12.2. The third-order valence-electron chi connectivity index (χ3n) is 3.41. The normalized spacial score (nSPS) is 18.3. The van der Waals surface area contributed by atoms with Crippen molar-refractivity contribution in [3.8, 4) is 6.07 Å². The Morgan fingerprint density at radius 1 is 1.22 bits per heavy atom. The molecule has 1 aromatic rings. The smallest absolute Gasteiger partial charge is 0.129 e. The average molecular weight is 250 g/mol. The molecule has 96 valence electrons. The van der Waals surface area contributed by atoms with Crippen LogP contribution in [0.25, 0.3) is 0 Å². The van der Waals surface area contributed by atoms with Crippen LogP contribution in [0.3, 0.4) is 0 Å². The second-order valence-electron chi connectivity index (χ2n) is 4.73. The highest BCUT2D eigenvalue weighted by Crippen LogP contribution is 2.23. The molecular formula is C14H16F2N2. The van der Waals surface area contributed by atoms with Gasteiger partial charge in [0, 0.05) is 11.6 Å². The highest BCUT2D eigenvalue weighted by molar-refractivity contribution is 5.26. The van der Waals surface area contributed by atoms with Crippen LogP contribution in [0.4, 0.5) is 8.78 Å². The van der Waals surface area contributed by atoms with E-state index in [2.05, 4.69) is 5.32 Å². The summed E-state index contributed by atoms with van der Waals surface area (Å²) in [4.78, 5) is 0. The van der Waals surface area contributed by atoms with E-state index in [1.165, 1.54) is 6.42 Å². The Morgan fingerprint density at radius 3 is 2.61 bits per heavy atom. The van der Waals surface area contributed by atoms with Crippen molar-refractivity contribution in [1.29, 1.82) is 5.26 Å². The standard InChI is InChI=1S/C14H16F2N2/c15-10-6-7-13(16)12(8-10)14(9-17)18-11-4-2-1-3-5-11/h6-8,11,14,18H,1-5H2. The number of rotatable bonds is 3. The third kappa shape index (κ3) is 3.05. The number of nitrogens with zero attached hydrogens (tertiary/aromatic N) is 1. The van der Waals surface area contributed by atoms with Crippen LogP contribution >= 0.6 is 0 Å². The van der Waals surface area contributed by atoms with Crippen molar-refractivity contribution in [2.45, 2.75) is 44.2 Å². The Kier molecular flexibility index (Phi) is 4.27. The number of nitriles is 1. The van der Waals surface area contributed by atoms with E-state index in [0.717, 1.165) is 43.9 Å². The molecule has 1 aliphatic rings. The van der Waals surface area contributed by atoms with Gasteiger partial charge in [0.1, 0.15) is 17.7 Å². The maximum Gasteiger partial charge on any atom is 0.129 e. The highest BCUT2D eigenvalue weighted by atomic mass is 19.1. The van der Waals surface area contributed by atoms with Crippen molar-refractivity contribution >= 4 is 0 Å². The fourth-order valence-corrected chi connectivity index (χ4v) is 2.44. The number of hydrogen-bond acceptors (Lipinski definition) is 2. The molecule has 1 N–H and O–H groups in total. The summed E-state index contributed by atoms with van der Waals surface area (Å²) in [5.74, 6) is -1.05. The number of nitrogens with one attached hydrogen (secondary N) is 1. The fraction of sp³-hybridized carbons (Fsp3) is 0.500. The van der Waals surface area contributed by atoms with Crippen LogP contribution in [0.5, 0.6) is 0 Å². The van der Waals surface area contributed by atoms with Crippen LogP contribution in [0.2, 0.25) is 0 Å². The highest BCUT2D eigenvalue weighted by Gasteiger charge is 2.21. The Labute approximate surface area is 106 Å². The van der Waals surface area contributed by atoms with Gasteiger partial charge >= 0.3 is 0 Å². The maximum atomic E-state index is 13.6. The van der Waals surface area contributed by atoms with Crippen LogP contribution in [0, 0.1) is 23.0 Å². The molecule has 1 atom stereocenters. The summed E-state index contributed by atoms with van der Waals surface area (Å²) in [6.45, 7) is 0. The summed E-state index contributed by atoms with van der Waals surface area (Å²) in [6.07, 6.45) is 5.46. The van der Waals surface area contributed by atoms with Gasteiger partial charge < -0.3 is 0 Å². The topological polar surface area (TPSA) is 35.8 Å². The molecule has 2 rings (SSSR count). The zero-order chi connectivity index (χ0) is 13.0. The fourth-order valence-electron chi connectivity index (χ4n) is 2.44. The summed E-state index contributed by atoms with van der Waals surface area (Å²) in [6, 6.07) is 4.70. The molecule has 0 heterocycles. The minimum Gasteiger partial charge on any atom is -0.295 e. The molecule has 1 fully saturated rings. The van der Waals surface area contributed by atoms with E-state index in [0.29, 0.717) is 0 Å². The maximum absolute atomic E-state index is 13.6. The van der Waals surface area contributed by atoms with Crippen molar-refractivity contribution < 1.29 is 8.78 Å². The van der Waals surface area contributed by atoms with Gasteiger partial charge in [-0.05, 0) is 31.0 Å². The molecule has 0 radical (unpaired) electrons. The first-order chi connectivity index (χ1) is 8.70. The number of hydrogen-bond donors (Lipinski definition) is 1. The predicted octanol–water partition coefficient (Wildman–Crippen LogP) is 3.45. The van der Waals surface area contributed by atoms with Crippen molar-refractivity contribution in [3.63, 3.8) is 0 Å². The molecule has 0 aromatic heterocycles. The SMILES string of the molecule is N#CC(NC1CCCCC1)c1cc(F)ccc1F. The largest absolute Gasteiger partial charge is 0.295 e. The van der Waals surface area contributed by atoms with Crippen molar-refractivity contribution in [3.05, 3.63) is 35.4 Å². The van der Waals surface area contributed by atoms with Crippen LogP contribution in [-0.4, -0.2) is 6.04 Å². The van der Waals surface area contributed by atoms with Crippen LogP contribution in [0.15, 0.2) is 18.2 Å². The van der Waals surface area contributed by atoms with E-state index >= 15 is 0 Å². The van der Waals surface area contributed by atoms with E-state index in [4.69, 9.17) is 5.26 Å². The van der Waals surface area contributed by atoms with Gasteiger partial charge in [0.15, 0.2) is 0 Å². The molecule has 1 aromatic carbocycles. The molecule has 18 heavy (non-hydrogen) atoms. The summed E-state index contributed by atoms with van der Waals surface area (Å²) in [5.41, 5.74) is 0.100. The molecule has 1 saturated carbocycles. The quantitative estimate of drug-likeness (QED) is 0.891. The van der Waals surface area contributed by atoms with E-state index in [1.807, 2.05) is 6.07 Å². The van der Waals surface area contributed by atoms with Crippen molar-refractivity contribution in [2.75, 3.05) is 0 Å². The van der Waals surface area contributed by atoms with Crippen LogP contribution < -0.4 is 5.32 Å². The Morgan fingerprint density at radius 2 is 1.94 bits per heavy atom. The molecule has 1 unspecified atom stereocenters. The monoisotopic (exact) mass is 250 g/mol. The van der Waals surface area contributed by atoms with Gasteiger partial charge in [-0.1, -0.05) is 19.3 Å². The molecule has 0 bridgehead atoms. The zero-order valence-corrected chi connectivity index (χ0v) is 10.1. The van der Waals surface area contributed by atoms with Gasteiger partial charge in [0.2, 0.25) is 0 Å². The van der Waals surface area contributed by atoms with Gasteiger partial charge in [-0.15, -0.1) is 0 Å². The summed E-state index contributed by atoms with van der Waals surface area (Å²) in [7, 11) is 0. The lowest BCUT2D eigenvalue weighted by Gasteiger charge is -2.25. The Balaban J connectivity index is 2.12. The first-order valence-corrected chi connectivity index (χ1v) is 6.31. The van der Waals surface area contributed by atoms with Crippen molar-refractivity contribution in [2.24, 2.45) is 0 Å². The van der Waals surface area contributed by atoms with Crippen LogP contribution in [-0.2, 0) is 0 Å². The van der Waals surface area contributed by atoms with Crippen molar-refractivity contribution in [1.82, 2.24) is 5.32 Å². The second-order valence-corrected chi connectivity index (χ2v) is 4.73. The predicted molar refractivity (Wildman–Crippen MR) is 64.7 cm³/mol. The minimum atomic E-state index is -0.774. The summed E-state index contributed by atoms with van der Waals surface area (Å²) < 4.78 is 26.7. The molecule has 1 aliphatic carbocycles. The van der Waals surface area contributed by atoms with E-state index in [9.17, 15) is 8.78 Å². The number of benzene rings is 1. The molecule has 0 aliphatic heterocycles. The van der Waals surface area contributed by atoms with E-state index in [-0.39, 0.29) is 11.6 Å². The second kappa shape index (κ2) is 5.92. The number of halogens is 2. The molecule has 4 heteroatoms. The zero-order valence-electron chi connectivity index (χ0n) is 10.1. The lowest BCUT2D eigenvalue weighted by Crippen LogP contribution is -2.34. The van der Waals surface area contributed by atoms with Gasteiger partial charge in [0.05, 0.1) is 6.07 Å². The molecule has 0 spiro atoms. The lowest BCUT2D eigenvalue weighted by molar-refractivity contribution is 0.356. The molecular weight excluding hydrogens is 234 g/mol. The molecule has 0 amide bonds. The minimum absolute atomic E-state index is 0.100. The van der Waals surface area contributed by atoms with Crippen LogP contribution in [0.1, 0.15) is 43.7 Å². The Hall–Kier alpha value is -1.47. The lowest BCUT2D eigenvalue weighted by atomic mass is 9.94. The summed E-state index contributed by atoms with van der Waals surface area (Å²) >= 11 is 0.